The summed E-state index contributed by atoms with van der Waals surface area (Å²) in [7, 11) is 0. The summed E-state index contributed by atoms with van der Waals surface area (Å²) in [4.78, 5) is 15.8. The molecule has 0 atom stereocenters. The molecule has 0 fully saturated rings. The van der Waals surface area contributed by atoms with Crippen LogP contribution in [0.15, 0.2) is 41.5 Å². The molecule has 0 saturated carbocycles. The molecule has 19 heavy (non-hydrogen) atoms. The predicted octanol–water partition coefficient (Wildman–Crippen LogP) is 2.64. The number of halogens is 1. The Morgan fingerprint density at radius 3 is 2.84 bits per heavy atom. The molecule has 94 valence electrons. The Balaban J connectivity index is 2.12. The summed E-state index contributed by atoms with van der Waals surface area (Å²) in [6.45, 7) is 1.79. The highest BCUT2D eigenvalue weighted by Gasteiger charge is 2.12. The van der Waals surface area contributed by atoms with Crippen LogP contribution in [0.5, 0.6) is 0 Å². The molecule has 0 aliphatic carbocycles. The quantitative estimate of drug-likeness (QED) is 0.659. The lowest BCUT2D eigenvalue weighted by molar-refractivity contribution is 0.550. The van der Waals surface area contributed by atoms with Crippen LogP contribution in [0.4, 0.5) is 4.39 Å². The number of pyridine rings is 1. The van der Waals surface area contributed by atoms with Crippen LogP contribution in [0.1, 0.15) is 5.82 Å². The van der Waals surface area contributed by atoms with Gasteiger partial charge >= 0.3 is 0 Å². The van der Waals surface area contributed by atoms with Crippen molar-refractivity contribution in [2.45, 2.75) is 6.92 Å². The van der Waals surface area contributed by atoms with Gasteiger partial charge in [0.15, 0.2) is 12.2 Å². The number of nitrogens with zero attached hydrogens (tertiary/aromatic N) is 4. The van der Waals surface area contributed by atoms with Crippen molar-refractivity contribution in [1.82, 2.24) is 19.9 Å². The predicted molar refractivity (Wildman–Crippen MR) is 65.5 cm³/mol. The van der Waals surface area contributed by atoms with Crippen LogP contribution in [0.3, 0.4) is 0 Å². The average Bonchev–Trinajstić information content (AvgIpc) is 2.93. The molecule has 0 spiro atoms. The third kappa shape index (κ3) is 2.20. The van der Waals surface area contributed by atoms with E-state index in [9.17, 15) is 4.39 Å². The first-order valence-corrected chi connectivity index (χ1v) is 5.58. The van der Waals surface area contributed by atoms with Gasteiger partial charge in [0.1, 0.15) is 5.82 Å². The highest BCUT2D eigenvalue weighted by Crippen LogP contribution is 2.26. The molecular formula is C13H9FN4O. The van der Waals surface area contributed by atoms with Crippen molar-refractivity contribution in [3.8, 4) is 22.6 Å². The van der Waals surface area contributed by atoms with Crippen molar-refractivity contribution in [3.63, 3.8) is 0 Å². The molecule has 0 amide bonds. The summed E-state index contributed by atoms with van der Waals surface area (Å²) in [5, 5.41) is 0. The lowest BCUT2D eigenvalue weighted by Gasteiger charge is -2.04. The van der Waals surface area contributed by atoms with Crippen molar-refractivity contribution in [2.24, 2.45) is 0 Å². The zero-order valence-electron chi connectivity index (χ0n) is 10.0. The van der Waals surface area contributed by atoms with Crippen LogP contribution < -0.4 is 0 Å². The maximum absolute atomic E-state index is 13.7. The van der Waals surface area contributed by atoms with Gasteiger partial charge in [-0.15, -0.1) is 0 Å². The van der Waals surface area contributed by atoms with E-state index < -0.39 is 5.95 Å². The zero-order valence-corrected chi connectivity index (χ0v) is 10.0. The van der Waals surface area contributed by atoms with Gasteiger partial charge in [0.25, 0.3) is 0 Å². The second-order valence-corrected chi connectivity index (χ2v) is 3.92. The fourth-order valence-corrected chi connectivity index (χ4v) is 1.73. The van der Waals surface area contributed by atoms with E-state index in [0.29, 0.717) is 22.8 Å². The lowest BCUT2D eigenvalue weighted by atomic mass is 10.1. The minimum absolute atomic E-state index is 0.256. The number of hydrogen-bond acceptors (Lipinski definition) is 5. The first-order valence-electron chi connectivity index (χ1n) is 5.58. The van der Waals surface area contributed by atoms with E-state index in [0.717, 1.165) is 0 Å². The molecule has 6 heteroatoms. The number of aromatic nitrogens is 4. The molecule has 0 saturated heterocycles. The molecule has 0 aliphatic rings. The Morgan fingerprint density at radius 1 is 1.21 bits per heavy atom. The van der Waals surface area contributed by atoms with Gasteiger partial charge in [0, 0.05) is 18.0 Å². The SMILES string of the molecule is Cc1nccc(-c2cnc(F)c(-c3cnco3)c2)n1. The molecular weight excluding hydrogens is 247 g/mol. The zero-order chi connectivity index (χ0) is 13.2. The fraction of sp³-hybridized carbons (Fsp3) is 0.0769. The van der Waals surface area contributed by atoms with Crippen LogP contribution in [-0.2, 0) is 0 Å². The molecule has 0 aliphatic heterocycles. The summed E-state index contributed by atoms with van der Waals surface area (Å²) in [6.07, 6.45) is 5.76. The van der Waals surface area contributed by atoms with E-state index in [2.05, 4.69) is 19.9 Å². The third-order valence-electron chi connectivity index (χ3n) is 2.61. The van der Waals surface area contributed by atoms with Crippen molar-refractivity contribution in [2.75, 3.05) is 0 Å². The average molecular weight is 256 g/mol. The van der Waals surface area contributed by atoms with Gasteiger partial charge in [-0.05, 0) is 19.1 Å². The van der Waals surface area contributed by atoms with Gasteiger partial charge in [0.05, 0.1) is 17.5 Å². The molecule has 0 aromatic carbocycles. The monoisotopic (exact) mass is 256 g/mol. The van der Waals surface area contributed by atoms with Crippen molar-refractivity contribution >= 4 is 0 Å². The lowest BCUT2D eigenvalue weighted by Crippen LogP contribution is -1.93. The number of oxazole rings is 1. The Morgan fingerprint density at radius 2 is 2.11 bits per heavy atom. The van der Waals surface area contributed by atoms with Crippen molar-refractivity contribution < 1.29 is 8.81 Å². The van der Waals surface area contributed by atoms with E-state index in [4.69, 9.17) is 4.42 Å². The van der Waals surface area contributed by atoms with Crippen LogP contribution in [0, 0.1) is 12.9 Å². The molecule has 3 aromatic rings. The second kappa shape index (κ2) is 4.56. The Hall–Kier alpha value is -2.63. The first-order chi connectivity index (χ1) is 9.24. The first kappa shape index (κ1) is 11.5. The summed E-state index contributed by atoms with van der Waals surface area (Å²) in [5.41, 5.74) is 1.63. The van der Waals surface area contributed by atoms with E-state index in [1.54, 1.807) is 25.3 Å². The van der Waals surface area contributed by atoms with Crippen molar-refractivity contribution in [3.05, 3.63) is 48.9 Å². The summed E-state index contributed by atoms with van der Waals surface area (Å²) in [5.74, 6) is 0.368. The van der Waals surface area contributed by atoms with Gasteiger partial charge < -0.3 is 4.42 Å². The normalized spacial score (nSPS) is 10.6. The van der Waals surface area contributed by atoms with E-state index in [1.165, 1.54) is 18.8 Å². The van der Waals surface area contributed by atoms with Crippen LogP contribution in [-0.4, -0.2) is 19.9 Å². The largest absolute Gasteiger partial charge is 0.443 e. The minimum Gasteiger partial charge on any atom is -0.443 e. The molecule has 0 radical (unpaired) electrons. The molecule has 5 nitrogen and oxygen atoms in total. The molecule has 0 bridgehead atoms. The molecule has 0 N–H and O–H groups in total. The van der Waals surface area contributed by atoms with Gasteiger partial charge in [-0.25, -0.2) is 19.9 Å². The third-order valence-corrected chi connectivity index (χ3v) is 2.61. The molecule has 0 unspecified atom stereocenters. The van der Waals surface area contributed by atoms with Crippen LogP contribution in [0.2, 0.25) is 0 Å². The number of rotatable bonds is 2. The van der Waals surface area contributed by atoms with Gasteiger partial charge in [-0.3, -0.25) is 0 Å². The second-order valence-electron chi connectivity index (χ2n) is 3.92. The Bertz CT molecular complexity index is 712. The van der Waals surface area contributed by atoms with Crippen LogP contribution >= 0.6 is 0 Å². The van der Waals surface area contributed by atoms with Gasteiger partial charge in [0.2, 0.25) is 5.95 Å². The van der Waals surface area contributed by atoms with Crippen molar-refractivity contribution in [1.29, 1.82) is 0 Å². The van der Waals surface area contributed by atoms with Gasteiger partial charge in [-0.2, -0.15) is 4.39 Å². The van der Waals surface area contributed by atoms with E-state index in [1.807, 2.05) is 0 Å². The number of hydrogen-bond donors (Lipinski definition) is 0. The van der Waals surface area contributed by atoms with Crippen LogP contribution in [0.25, 0.3) is 22.6 Å². The summed E-state index contributed by atoms with van der Waals surface area (Å²) < 4.78 is 18.8. The standard InChI is InChI=1S/C13H9FN4O/c1-8-16-3-2-11(18-8)9-4-10(13(14)17-5-9)12-6-15-7-19-12/h2-7H,1H3. The summed E-state index contributed by atoms with van der Waals surface area (Å²) >= 11 is 0. The highest BCUT2D eigenvalue weighted by atomic mass is 19.1. The topological polar surface area (TPSA) is 64.7 Å². The number of aryl methyl sites for hydroxylation is 1. The minimum atomic E-state index is -0.605. The highest BCUT2D eigenvalue weighted by molar-refractivity contribution is 5.66. The maximum Gasteiger partial charge on any atom is 0.223 e. The molecule has 3 heterocycles. The maximum atomic E-state index is 13.7. The Kier molecular flexibility index (Phi) is 2.75. The van der Waals surface area contributed by atoms with Gasteiger partial charge in [-0.1, -0.05) is 0 Å². The smallest absolute Gasteiger partial charge is 0.223 e. The Labute approximate surface area is 108 Å². The molecule has 3 rings (SSSR count). The van der Waals surface area contributed by atoms with E-state index >= 15 is 0 Å². The summed E-state index contributed by atoms with van der Waals surface area (Å²) in [6, 6.07) is 3.37. The van der Waals surface area contributed by atoms with E-state index in [-0.39, 0.29) is 5.56 Å². The molecule has 3 aromatic heterocycles. The fourth-order valence-electron chi connectivity index (χ4n) is 1.73.